The molecule has 1 saturated carbocycles. The fourth-order valence-corrected chi connectivity index (χ4v) is 3.07. The predicted octanol–water partition coefficient (Wildman–Crippen LogP) is -0.499. The molecule has 3 fully saturated rings. The van der Waals surface area contributed by atoms with Crippen molar-refractivity contribution in [3.8, 4) is 0 Å². The van der Waals surface area contributed by atoms with E-state index in [-0.39, 0.29) is 6.61 Å². The highest BCUT2D eigenvalue weighted by atomic mass is 16.7. The Bertz CT molecular complexity index is 301. The zero-order valence-corrected chi connectivity index (χ0v) is 10.2. The van der Waals surface area contributed by atoms with Crippen molar-refractivity contribution in [2.75, 3.05) is 6.61 Å². The number of ether oxygens (including phenoxy) is 3. The second-order valence-corrected chi connectivity index (χ2v) is 5.41. The Kier molecular flexibility index (Phi) is 3.34. The van der Waals surface area contributed by atoms with Gasteiger partial charge < -0.3 is 29.5 Å². The number of fused-ring (bicyclic) bond motifs is 1. The summed E-state index contributed by atoms with van der Waals surface area (Å²) in [6.07, 6.45) is -0.132. The summed E-state index contributed by atoms with van der Waals surface area (Å²) >= 11 is 0. The van der Waals surface area contributed by atoms with E-state index in [1.165, 1.54) is 6.42 Å². The molecule has 3 aliphatic rings. The lowest BCUT2D eigenvalue weighted by Gasteiger charge is -2.50. The molecule has 3 rings (SSSR count). The fraction of sp³-hybridized carbons (Fsp3) is 1.00. The van der Waals surface area contributed by atoms with Gasteiger partial charge in [0.15, 0.2) is 12.1 Å². The van der Waals surface area contributed by atoms with Crippen molar-refractivity contribution < 1.29 is 29.5 Å². The molecule has 6 heteroatoms. The van der Waals surface area contributed by atoms with E-state index in [0.29, 0.717) is 0 Å². The lowest BCUT2D eigenvalue weighted by atomic mass is 9.90. The summed E-state index contributed by atoms with van der Waals surface area (Å²) in [5.41, 5.74) is 0. The number of rotatable bonds is 0. The van der Waals surface area contributed by atoms with Crippen molar-refractivity contribution in [1.82, 2.24) is 0 Å². The van der Waals surface area contributed by atoms with Crippen molar-refractivity contribution in [3.05, 3.63) is 0 Å². The van der Waals surface area contributed by atoms with Crippen LogP contribution in [0.25, 0.3) is 0 Å². The van der Waals surface area contributed by atoms with Gasteiger partial charge in [-0.25, -0.2) is 0 Å². The van der Waals surface area contributed by atoms with E-state index in [1.807, 2.05) is 0 Å². The zero-order valence-electron chi connectivity index (χ0n) is 10.2. The molecule has 0 bridgehead atoms. The molecule has 2 saturated heterocycles. The van der Waals surface area contributed by atoms with Gasteiger partial charge in [-0.1, -0.05) is 6.42 Å². The fourth-order valence-electron chi connectivity index (χ4n) is 3.07. The van der Waals surface area contributed by atoms with E-state index >= 15 is 0 Å². The minimum absolute atomic E-state index is 0.283. The molecule has 5 atom stereocenters. The lowest BCUT2D eigenvalue weighted by Crippen LogP contribution is -2.65. The molecule has 6 nitrogen and oxygen atoms in total. The Morgan fingerprint density at radius 2 is 1.67 bits per heavy atom. The van der Waals surface area contributed by atoms with Crippen LogP contribution in [0.15, 0.2) is 0 Å². The highest BCUT2D eigenvalue weighted by Crippen LogP contribution is 2.40. The van der Waals surface area contributed by atoms with Crippen LogP contribution >= 0.6 is 0 Å². The molecule has 0 amide bonds. The highest BCUT2D eigenvalue weighted by molar-refractivity contribution is 4.94. The van der Waals surface area contributed by atoms with Gasteiger partial charge in [-0.15, -0.1) is 0 Å². The average molecular weight is 260 g/mol. The molecule has 1 spiro atoms. The molecule has 2 heterocycles. The monoisotopic (exact) mass is 260 g/mol. The van der Waals surface area contributed by atoms with Crippen LogP contribution in [0.1, 0.15) is 32.1 Å². The van der Waals surface area contributed by atoms with Crippen molar-refractivity contribution in [3.63, 3.8) is 0 Å². The van der Waals surface area contributed by atoms with Crippen LogP contribution in [0.2, 0.25) is 0 Å². The van der Waals surface area contributed by atoms with Crippen molar-refractivity contribution in [2.24, 2.45) is 0 Å². The Morgan fingerprint density at radius 3 is 2.39 bits per heavy atom. The smallest absolute Gasteiger partial charge is 0.184 e. The second kappa shape index (κ2) is 4.70. The Labute approximate surface area is 105 Å². The first-order valence-corrected chi connectivity index (χ1v) is 6.63. The van der Waals surface area contributed by atoms with E-state index in [4.69, 9.17) is 14.2 Å². The maximum absolute atomic E-state index is 9.99. The molecule has 1 aliphatic carbocycles. The maximum atomic E-state index is 9.99. The minimum Gasteiger partial charge on any atom is -0.387 e. The summed E-state index contributed by atoms with van der Waals surface area (Å²) in [7, 11) is 0. The molecule has 18 heavy (non-hydrogen) atoms. The van der Waals surface area contributed by atoms with E-state index < -0.39 is 36.5 Å². The third-order valence-corrected chi connectivity index (χ3v) is 4.14. The van der Waals surface area contributed by atoms with Crippen molar-refractivity contribution >= 4 is 0 Å². The standard InChI is InChI=1S/C12H20O6/c13-8-9(14)11(15)17-7-6-16-12(18-10(7)8)4-2-1-3-5-12/h7-11,13-15H,1-6H2. The van der Waals surface area contributed by atoms with Crippen molar-refractivity contribution in [1.29, 1.82) is 0 Å². The van der Waals surface area contributed by atoms with Crippen LogP contribution in [0.4, 0.5) is 0 Å². The summed E-state index contributed by atoms with van der Waals surface area (Å²) in [5, 5.41) is 29.1. The lowest BCUT2D eigenvalue weighted by molar-refractivity contribution is -0.391. The molecule has 5 unspecified atom stereocenters. The average Bonchev–Trinajstić information content (AvgIpc) is 2.39. The van der Waals surface area contributed by atoms with Gasteiger partial charge in [-0.3, -0.25) is 0 Å². The third kappa shape index (κ3) is 2.07. The van der Waals surface area contributed by atoms with E-state index in [9.17, 15) is 15.3 Å². The van der Waals surface area contributed by atoms with Gasteiger partial charge in [0.25, 0.3) is 0 Å². The summed E-state index contributed by atoms with van der Waals surface area (Å²) < 4.78 is 16.8. The Balaban J connectivity index is 1.74. The van der Waals surface area contributed by atoms with Crippen LogP contribution in [0.3, 0.4) is 0 Å². The van der Waals surface area contributed by atoms with Crippen molar-refractivity contribution in [2.45, 2.75) is 68.6 Å². The Morgan fingerprint density at radius 1 is 0.944 bits per heavy atom. The molecular weight excluding hydrogens is 240 g/mol. The first-order chi connectivity index (χ1) is 8.61. The molecule has 3 N–H and O–H groups in total. The highest BCUT2D eigenvalue weighted by Gasteiger charge is 2.52. The van der Waals surface area contributed by atoms with Crippen LogP contribution < -0.4 is 0 Å². The normalized spacial score (nSPS) is 47.8. The molecule has 104 valence electrons. The van der Waals surface area contributed by atoms with Gasteiger partial charge in [-0.05, 0) is 12.8 Å². The first-order valence-electron chi connectivity index (χ1n) is 6.63. The molecule has 2 aliphatic heterocycles. The molecule has 0 aromatic carbocycles. The number of hydrogen-bond acceptors (Lipinski definition) is 6. The molecule has 0 radical (unpaired) electrons. The SMILES string of the molecule is OC1OC2COC3(CCCCC3)OC2C(O)C1O. The minimum atomic E-state index is -1.38. The van der Waals surface area contributed by atoms with E-state index in [1.54, 1.807) is 0 Å². The third-order valence-electron chi connectivity index (χ3n) is 4.14. The summed E-state index contributed by atoms with van der Waals surface area (Å²) in [6.45, 7) is 0.283. The van der Waals surface area contributed by atoms with Gasteiger partial charge in [-0.2, -0.15) is 0 Å². The van der Waals surface area contributed by atoms with Crippen LogP contribution in [-0.4, -0.2) is 58.4 Å². The van der Waals surface area contributed by atoms with Gasteiger partial charge in [0.2, 0.25) is 0 Å². The maximum Gasteiger partial charge on any atom is 0.184 e. The summed E-state index contributed by atoms with van der Waals surface area (Å²) in [4.78, 5) is 0. The summed E-state index contributed by atoms with van der Waals surface area (Å²) in [6, 6.07) is 0. The topological polar surface area (TPSA) is 88.4 Å². The molecular formula is C12H20O6. The first kappa shape index (κ1) is 12.8. The predicted molar refractivity (Wildman–Crippen MR) is 59.5 cm³/mol. The zero-order chi connectivity index (χ0) is 12.8. The quantitative estimate of drug-likeness (QED) is 0.544. The van der Waals surface area contributed by atoms with Gasteiger partial charge in [0.05, 0.1) is 6.61 Å². The molecule has 0 aromatic rings. The second-order valence-electron chi connectivity index (χ2n) is 5.41. The summed E-state index contributed by atoms with van der Waals surface area (Å²) in [5.74, 6) is -0.633. The van der Waals surface area contributed by atoms with Gasteiger partial charge >= 0.3 is 0 Å². The number of aliphatic hydroxyl groups is 3. The number of hydrogen-bond donors (Lipinski definition) is 3. The Hall–Kier alpha value is -0.240. The van der Waals surface area contributed by atoms with Crippen LogP contribution in [0.5, 0.6) is 0 Å². The van der Waals surface area contributed by atoms with Gasteiger partial charge in [0.1, 0.15) is 24.4 Å². The van der Waals surface area contributed by atoms with Crippen LogP contribution in [0, 0.1) is 0 Å². The number of aliphatic hydroxyl groups excluding tert-OH is 3. The van der Waals surface area contributed by atoms with Gasteiger partial charge in [0, 0.05) is 12.8 Å². The molecule has 0 aromatic heterocycles. The van der Waals surface area contributed by atoms with Crippen LogP contribution in [-0.2, 0) is 14.2 Å². The van der Waals surface area contributed by atoms with E-state index in [0.717, 1.165) is 25.7 Å². The van der Waals surface area contributed by atoms with E-state index in [2.05, 4.69) is 0 Å². The largest absolute Gasteiger partial charge is 0.387 e.